The molecule has 2 aliphatic carbocycles. The molecule has 0 amide bonds. The fourth-order valence-electron chi connectivity index (χ4n) is 3.99. The van der Waals surface area contributed by atoms with Gasteiger partial charge in [-0.25, -0.2) is 0 Å². The molecule has 14 heavy (non-hydrogen) atoms. The Balaban J connectivity index is 2.53. The first-order chi connectivity index (χ1) is 6.23. The Labute approximate surface area is 88.8 Å². The van der Waals surface area contributed by atoms with E-state index in [1.165, 1.54) is 19.3 Å². The van der Waals surface area contributed by atoms with Crippen LogP contribution < -0.4 is 0 Å². The Bertz CT molecular complexity index is 302. The zero-order valence-electron chi connectivity index (χ0n) is 10.6. The average Bonchev–Trinajstić information content (AvgIpc) is 2.48. The van der Waals surface area contributed by atoms with Gasteiger partial charge in [-0.05, 0) is 49.4 Å². The van der Waals surface area contributed by atoms with Crippen LogP contribution >= 0.6 is 0 Å². The molecule has 2 unspecified atom stereocenters. The molecule has 0 N–H and O–H groups in total. The van der Waals surface area contributed by atoms with E-state index in [0.717, 1.165) is 0 Å². The van der Waals surface area contributed by atoms with Crippen molar-refractivity contribution in [1.82, 2.24) is 0 Å². The van der Waals surface area contributed by atoms with Crippen molar-refractivity contribution in [3.8, 4) is 0 Å². The average molecular weight is 192 g/mol. The van der Waals surface area contributed by atoms with E-state index in [4.69, 9.17) is 0 Å². The van der Waals surface area contributed by atoms with E-state index >= 15 is 0 Å². The molecule has 0 heterocycles. The Morgan fingerprint density at radius 2 is 1.57 bits per heavy atom. The van der Waals surface area contributed by atoms with Crippen LogP contribution in [0.2, 0.25) is 0 Å². The van der Waals surface area contributed by atoms with E-state index in [1.807, 2.05) is 0 Å². The van der Waals surface area contributed by atoms with Crippen LogP contribution in [0, 0.1) is 16.2 Å². The molecule has 0 spiro atoms. The predicted molar refractivity (Wildman–Crippen MR) is 62.2 cm³/mol. The molecular formula is C14H24. The quantitative estimate of drug-likeness (QED) is 0.494. The third kappa shape index (κ3) is 0.951. The zero-order chi connectivity index (χ0) is 10.8. The maximum Gasteiger partial charge on any atom is -0.00310 e. The van der Waals surface area contributed by atoms with Crippen molar-refractivity contribution < 1.29 is 0 Å². The second-order valence-corrected chi connectivity index (χ2v) is 6.82. The fourth-order valence-corrected chi connectivity index (χ4v) is 3.99. The lowest BCUT2D eigenvalue weighted by molar-refractivity contribution is 0.139. The Morgan fingerprint density at radius 1 is 1.00 bits per heavy atom. The molecule has 0 saturated heterocycles. The number of allylic oxidation sites excluding steroid dienone is 2. The summed E-state index contributed by atoms with van der Waals surface area (Å²) in [5, 5.41) is 0. The van der Waals surface area contributed by atoms with Crippen LogP contribution in [0.1, 0.15) is 60.8 Å². The molecule has 0 heteroatoms. The van der Waals surface area contributed by atoms with E-state index in [9.17, 15) is 0 Å². The first-order valence-corrected chi connectivity index (χ1v) is 5.91. The summed E-state index contributed by atoms with van der Waals surface area (Å²) >= 11 is 0. The largest absolute Gasteiger partial charge is 0.0679 e. The first kappa shape index (κ1) is 10.3. The molecule has 1 saturated carbocycles. The maximum atomic E-state index is 2.46. The highest BCUT2D eigenvalue weighted by Gasteiger charge is 2.58. The number of hydrogen-bond acceptors (Lipinski definition) is 0. The van der Waals surface area contributed by atoms with E-state index in [2.05, 4.69) is 41.5 Å². The van der Waals surface area contributed by atoms with Gasteiger partial charge >= 0.3 is 0 Å². The summed E-state index contributed by atoms with van der Waals surface area (Å²) in [5.41, 5.74) is 4.90. The van der Waals surface area contributed by atoms with Gasteiger partial charge in [-0.2, -0.15) is 0 Å². The highest BCUT2D eigenvalue weighted by molar-refractivity contribution is 5.37. The molecule has 2 rings (SSSR count). The lowest BCUT2D eigenvalue weighted by atomic mass is 9.62. The van der Waals surface area contributed by atoms with Crippen LogP contribution in [0.5, 0.6) is 0 Å². The Hall–Kier alpha value is -0.260. The Morgan fingerprint density at radius 3 is 1.86 bits per heavy atom. The van der Waals surface area contributed by atoms with Crippen LogP contribution in [0.4, 0.5) is 0 Å². The highest BCUT2D eigenvalue weighted by Crippen LogP contribution is 2.69. The van der Waals surface area contributed by atoms with E-state index in [0.29, 0.717) is 16.2 Å². The minimum atomic E-state index is 0.437. The predicted octanol–water partition coefficient (Wildman–Crippen LogP) is 4.56. The molecule has 2 aliphatic rings. The zero-order valence-corrected chi connectivity index (χ0v) is 10.6. The van der Waals surface area contributed by atoms with Crippen molar-refractivity contribution in [1.29, 1.82) is 0 Å². The summed E-state index contributed by atoms with van der Waals surface area (Å²) in [7, 11) is 0. The molecule has 0 aromatic carbocycles. The summed E-state index contributed by atoms with van der Waals surface area (Å²) in [6, 6.07) is 0. The second-order valence-electron chi connectivity index (χ2n) is 6.82. The van der Waals surface area contributed by atoms with Gasteiger partial charge in [0.25, 0.3) is 0 Å². The van der Waals surface area contributed by atoms with Gasteiger partial charge in [0.15, 0.2) is 0 Å². The minimum absolute atomic E-state index is 0.437. The summed E-state index contributed by atoms with van der Waals surface area (Å²) in [5.74, 6) is 0. The van der Waals surface area contributed by atoms with Crippen molar-refractivity contribution in [3.05, 3.63) is 11.1 Å². The molecule has 2 atom stereocenters. The molecule has 0 nitrogen and oxygen atoms in total. The smallest absolute Gasteiger partial charge is 0.00310 e. The lowest BCUT2D eigenvalue weighted by Crippen LogP contribution is -2.33. The molecule has 1 fully saturated rings. The topological polar surface area (TPSA) is 0 Å². The van der Waals surface area contributed by atoms with Crippen LogP contribution in [0.3, 0.4) is 0 Å². The lowest BCUT2D eigenvalue weighted by Gasteiger charge is -2.42. The summed E-state index contributed by atoms with van der Waals surface area (Å²) in [6.45, 7) is 14.5. The summed E-state index contributed by atoms with van der Waals surface area (Å²) < 4.78 is 0. The third-order valence-electron chi connectivity index (χ3n) is 5.42. The molecule has 0 aliphatic heterocycles. The minimum Gasteiger partial charge on any atom is -0.0679 e. The van der Waals surface area contributed by atoms with Gasteiger partial charge in [0.2, 0.25) is 0 Å². The van der Waals surface area contributed by atoms with E-state index in [1.54, 1.807) is 11.1 Å². The van der Waals surface area contributed by atoms with Crippen molar-refractivity contribution in [3.63, 3.8) is 0 Å². The SMILES string of the molecule is CC1=C(C)C2(C(C)(C)C)CCC1(C)C2. The van der Waals surface area contributed by atoms with Gasteiger partial charge in [-0.3, -0.25) is 0 Å². The van der Waals surface area contributed by atoms with Crippen molar-refractivity contribution in [2.24, 2.45) is 16.2 Å². The van der Waals surface area contributed by atoms with Crippen LogP contribution in [-0.2, 0) is 0 Å². The van der Waals surface area contributed by atoms with E-state index < -0.39 is 0 Å². The highest BCUT2D eigenvalue weighted by atomic mass is 14.6. The maximum absolute atomic E-state index is 2.46. The number of rotatable bonds is 0. The molecular weight excluding hydrogens is 168 g/mol. The van der Waals surface area contributed by atoms with Crippen molar-refractivity contribution in [2.75, 3.05) is 0 Å². The molecule has 0 aromatic heterocycles. The first-order valence-electron chi connectivity index (χ1n) is 5.91. The van der Waals surface area contributed by atoms with Gasteiger partial charge in [0.1, 0.15) is 0 Å². The van der Waals surface area contributed by atoms with Gasteiger partial charge in [0, 0.05) is 0 Å². The summed E-state index contributed by atoms with van der Waals surface area (Å²) in [4.78, 5) is 0. The molecule has 0 aromatic rings. The van der Waals surface area contributed by atoms with Gasteiger partial charge < -0.3 is 0 Å². The van der Waals surface area contributed by atoms with Gasteiger partial charge in [-0.1, -0.05) is 38.8 Å². The van der Waals surface area contributed by atoms with Crippen molar-refractivity contribution in [2.45, 2.75) is 60.8 Å². The third-order valence-corrected chi connectivity index (χ3v) is 5.42. The molecule has 80 valence electrons. The molecule has 0 radical (unpaired) electrons. The van der Waals surface area contributed by atoms with Crippen molar-refractivity contribution >= 4 is 0 Å². The summed E-state index contributed by atoms with van der Waals surface area (Å²) in [6.07, 6.45) is 4.23. The molecule has 2 bridgehead atoms. The number of hydrogen-bond donors (Lipinski definition) is 0. The standard InChI is InChI=1S/C14H24/c1-10-11(2)14(12(3,4)5)8-7-13(10,6)9-14/h7-9H2,1-6H3. The number of fused-ring (bicyclic) bond motifs is 2. The van der Waals surface area contributed by atoms with Gasteiger partial charge in [-0.15, -0.1) is 0 Å². The van der Waals surface area contributed by atoms with Gasteiger partial charge in [0.05, 0.1) is 0 Å². The normalized spacial score (nSPS) is 42.4. The fraction of sp³-hybridized carbons (Fsp3) is 0.857. The van der Waals surface area contributed by atoms with E-state index in [-0.39, 0.29) is 0 Å². The monoisotopic (exact) mass is 192 g/mol. The second kappa shape index (κ2) is 2.46. The Kier molecular flexibility index (Phi) is 1.80. The van der Waals surface area contributed by atoms with Crippen LogP contribution in [0.15, 0.2) is 11.1 Å². The van der Waals surface area contributed by atoms with Crippen LogP contribution in [0.25, 0.3) is 0 Å². The van der Waals surface area contributed by atoms with Crippen LogP contribution in [-0.4, -0.2) is 0 Å².